The van der Waals surface area contributed by atoms with Gasteiger partial charge in [-0.2, -0.15) is 0 Å². The number of esters is 1. The first-order chi connectivity index (χ1) is 10.0. The number of benzene rings is 1. The van der Waals surface area contributed by atoms with E-state index in [1.807, 2.05) is 0 Å². The Morgan fingerprint density at radius 3 is 2.57 bits per heavy atom. The summed E-state index contributed by atoms with van der Waals surface area (Å²) in [6, 6.07) is 2.72. The van der Waals surface area contributed by atoms with Gasteiger partial charge in [-0.1, -0.05) is 0 Å². The largest absolute Gasteiger partial charge is 0.466 e. The summed E-state index contributed by atoms with van der Waals surface area (Å²) < 4.78 is 31.3. The van der Waals surface area contributed by atoms with Gasteiger partial charge in [-0.15, -0.1) is 0 Å². The molecule has 0 aromatic heterocycles. The summed E-state index contributed by atoms with van der Waals surface area (Å²) in [7, 11) is 0. The second-order valence-electron chi connectivity index (χ2n) is 5.00. The van der Waals surface area contributed by atoms with E-state index in [2.05, 4.69) is 0 Å². The van der Waals surface area contributed by atoms with E-state index in [4.69, 9.17) is 4.74 Å². The van der Waals surface area contributed by atoms with Gasteiger partial charge in [-0.3, -0.25) is 9.59 Å². The van der Waals surface area contributed by atoms with Crippen molar-refractivity contribution in [1.29, 1.82) is 0 Å². The van der Waals surface area contributed by atoms with Gasteiger partial charge in [0, 0.05) is 24.7 Å². The molecule has 1 aliphatic rings. The number of ether oxygens (including phenoxy) is 1. The van der Waals surface area contributed by atoms with Crippen LogP contribution in [0.4, 0.5) is 8.78 Å². The van der Waals surface area contributed by atoms with Gasteiger partial charge in [0.25, 0.3) is 5.91 Å². The second kappa shape index (κ2) is 6.65. The summed E-state index contributed by atoms with van der Waals surface area (Å²) in [4.78, 5) is 25.4. The summed E-state index contributed by atoms with van der Waals surface area (Å²) in [5, 5.41) is 0. The maximum absolute atomic E-state index is 13.2. The monoisotopic (exact) mass is 297 g/mol. The van der Waals surface area contributed by atoms with Gasteiger partial charge in [-0.05, 0) is 31.9 Å². The highest BCUT2D eigenvalue weighted by Gasteiger charge is 2.30. The maximum atomic E-state index is 13.2. The van der Waals surface area contributed by atoms with Crippen molar-refractivity contribution in [2.75, 3.05) is 19.7 Å². The summed E-state index contributed by atoms with van der Waals surface area (Å²) in [6.07, 6.45) is 1.31. The quantitative estimate of drug-likeness (QED) is 0.805. The van der Waals surface area contributed by atoms with Crippen molar-refractivity contribution in [3.05, 3.63) is 35.4 Å². The zero-order valence-electron chi connectivity index (χ0n) is 11.8. The Bertz CT molecular complexity index is 527. The molecular weight excluding hydrogens is 280 g/mol. The fourth-order valence-electron chi connectivity index (χ4n) is 2.47. The first kappa shape index (κ1) is 15.4. The van der Waals surface area contributed by atoms with Crippen LogP contribution in [-0.4, -0.2) is 36.5 Å². The molecule has 0 aliphatic carbocycles. The normalized spacial score (nSPS) is 18.4. The third-order valence-corrected chi connectivity index (χ3v) is 3.44. The Hall–Kier alpha value is -1.98. The van der Waals surface area contributed by atoms with Crippen LogP contribution in [0.2, 0.25) is 0 Å². The van der Waals surface area contributed by atoms with Gasteiger partial charge < -0.3 is 9.64 Å². The molecule has 0 saturated carbocycles. The number of likely N-dealkylation sites (tertiary alicyclic amines) is 1. The van der Waals surface area contributed by atoms with Crippen molar-refractivity contribution >= 4 is 11.9 Å². The first-order valence-electron chi connectivity index (χ1n) is 6.93. The van der Waals surface area contributed by atoms with Gasteiger partial charge in [0.15, 0.2) is 0 Å². The van der Waals surface area contributed by atoms with Crippen molar-refractivity contribution in [2.45, 2.75) is 19.8 Å². The van der Waals surface area contributed by atoms with E-state index in [1.165, 1.54) is 4.90 Å². The van der Waals surface area contributed by atoms with Crippen molar-refractivity contribution in [3.63, 3.8) is 0 Å². The molecule has 0 radical (unpaired) electrons. The standard InChI is InChI=1S/C15H17F2NO3/c1-2-21-15(20)10-4-3-5-18(9-10)14(19)11-6-12(16)8-13(17)7-11/h6-8,10H,2-5,9H2,1H3/t10-/m1/s1. The Kier molecular flexibility index (Phi) is 4.88. The summed E-state index contributed by atoms with van der Waals surface area (Å²) in [5.74, 6) is -2.77. The molecule has 0 N–H and O–H groups in total. The van der Waals surface area contributed by atoms with Crippen molar-refractivity contribution in [2.24, 2.45) is 5.92 Å². The molecule has 1 aromatic rings. The van der Waals surface area contributed by atoms with Crippen molar-refractivity contribution in [3.8, 4) is 0 Å². The van der Waals surface area contributed by atoms with Crippen LogP contribution in [0.15, 0.2) is 18.2 Å². The number of carbonyl (C=O) groups is 2. The average molecular weight is 297 g/mol. The Morgan fingerprint density at radius 2 is 1.95 bits per heavy atom. The SMILES string of the molecule is CCOC(=O)[C@@H]1CCCN(C(=O)c2cc(F)cc(F)c2)C1. The molecule has 4 nitrogen and oxygen atoms in total. The van der Waals surface area contributed by atoms with E-state index < -0.39 is 17.5 Å². The lowest BCUT2D eigenvalue weighted by molar-refractivity contribution is -0.149. The lowest BCUT2D eigenvalue weighted by Crippen LogP contribution is -2.42. The molecular formula is C15H17F2NO3. The molecule has 2 rings (SSSR count). The van der Waals surface area contributed by atoms with Crippen molar-refractivity contribution < 1.29 is 23.1 Å². The second-order valence-corrected chi connectivity index (χ2v) is 5.00. The number of rotatable bonds is 3. The Labute approximate surface area is 121 Å². The molecule has 1 fully saturated rings. The first-order valence-corrected chi connectivity index (χ1v) is 6.93. The third-order valence-electron chi connectivity index (χ3n) is 3.44. The molecule has 1 saturated heterocycles. The average Bonchev–Trinajstić information content (AvgIpc) is 2.46. The van der Waals surface area contributed by atoms with Crippen LogP contribution < -0.4 is 0 Å². The van der Waals surface area contributed by atoms with Crippen LogP contribution in [0.1, 0.15) is 30.1 Å². The molecule has 114 valence electrons. The maximum Gasteiger partial charge on any atom is 0.310 e. The van der Waals surface area contributed by atoms with Gasteiger partial charge in [0.2, 0.25) is 0 Å². The minimum Gasteiger partial charge on any atom is -0.466 e. The van der Waals surface area contributed by atoms with E-state index in [9.17, 15) is 18.4 Å². The van der Waals surface area contributed by atoms with E-state index in [1.54, 1.807) is 6.92 Å². The topological polar surface area (TPSA) is 46.6 Å². The third kappa shape index (κ3) is 3.77. The molecule has 1 atom stereocenters. The minimum atomic E-state index is -0.794. The number of amides is 1. The fraction of sp³-hybridized carbons (Fsp3) is 0.467. The van der Waals surface area contributed by atoms with Gasteiger partial charge in [0.05, 0.1) is 12.5 Å². The van der Waals surface area contributed by atoms with Crippen LogP contribution >= 0.6 is 0 Å². The van der Waals surface area contributed by atoms with E-state index >= 15 is 0 Å². The number of hydrogen-bond acceptors (Lipinski definition) is 3. The number of carbonyl (C=O) groups excluding carboxylic acids is 2. The number of halogens is 2. The highest BCUT2D eigenvalue weighted by Crippen LogP contribution is 2.20. The van der Waals surface area contributed by atoms with E-state index in [0.29, 0.717) is 32.1 Å². The fourth-order valence-corrected chi connectivity index (χ4v) is 2.47. The molecule has 1 heterocycles. The van der Waals surface area contributed by atoms with E-state index in [-0.39, 0.29) is 24.0 Å². The van der Waals surface area contributed by atoms with E-state index in [0.717, 1.165) is 12.1 Å². The Morgan fingerprint density at radius 1 is 1.29 bits per heavy atom. The Balaban J connectivity index is 2.10. The summed E-state index contributed by atoms with van der Waals surface area (Å²) in [6.45, 7) is 2.69. The van der Waals surface area contributed by atoms with Crippen LogP contribution in [0.25, 0.3) is 0 Å². The highest BCUT2D eigenvalue weighted by atomic mass is 19.1. The molecule has 1 amide bonds. The van der Waals surface area contributed by atoms with Gasteiger partial charge in [0.1, 0.15) is 11.6 Å². The van der Waals surface area contributed by atoms with Gasteiger partial charge in [-0.25, -0.2) is 8.78 Å². The lowest BCUT2D eigenvalue weighted by atomic mass is 9.97. The smallest absolute Gasteiger partial charge is 0.310 e. The van der Waals surface area contributed by atoms with Crippen molar-refractivity contribution in [1.82, 2.24) is 4.90 Å². The molecule has 0 unspecified atom stereocenters. The predicted molar refractivity (Wildman–Crippen MR) is 71.6 cm³/mol. The van der Waals surface area contributed by atoms with Crippen LogP contribution in [0, 0.1) is 17.6 Å². The van der Waals surface area contributed by atoms with Crippen LogP contribution in [0.3, 0.4) is 0 Å². The van der Waals surface area contributed by atoms with Gasteiger partial charge >= 0.3 is 5.97 Å². The predicted octanol–water partition coefficient (Wildman–Crippen LogP) is 2.38. The molecule has 21 heavy (non-hydrogen) atoms. The number of piperidine rings is 1. The van der Waals surface area contributed by atoms with Crippen LogP contribution in [-0.2, 0) is 9.53 Å². The highest BCUT2D eigenvalue weighted by molar-refractivity contribution is 5.94. The zero-order valence-corrected chi connectivity index (χ0v) is 11.8. The minimum absolute atomic E-state index is 0.0444. The summed E-state index contributed by atoms with van der Waals surface area (Å²) in [5.41, 5.74) is -0.0444. The molecule has 6 heteroatoms. The zero-order chi connectivity index (χ0) is 15.4. The molecule has 1 aromatic carbocycles. The van der Waals surface area contributed by atoms with Crippen LogP contribution in [0.5, 0.6) is 0 Å². The lowest BCUT2D eigenvalue weighted by Gasteiger charge is -2.31. The molecule has 1 aliphatic heterocycles. The molecule has 0 bridgehead atoms. The number of hydrogen-bond donors (Lipinski definition) is 0. The molecule has 0 spiro atoms. The number of nitrogens with zero attached hydrogens (tertiary/aromatic N) is 1. The summed E-state index contributed by atoms with van der Waals surface area (Å²) >= 11 is 0.